The van der Waals surface area contributed by atoms with E-state index < -0.39 is 0 Å². The maximum absolute atomic E-state index is 11.4. The molecule has 0 saturated carbocycles. The second-order valence-corrected chi connectivity index (χ2v) is 5.45. The van der Waals surface area contributed by atoms with E-state index in [0.717, 1.165) is 29.5 Å². The predicted molar refractivity (Wildman–Crippen MR) is 73.4 cm³/mol. The molecule has 5 heteroatoms. The molecular weight excluding hydrogens is 304 g/mol. The minimum absolute atomic E-state index is 0.109. The Morgan fingerprint density at radius 3 is 3.12 bits per heavy atom. The smallest absolute Gasteiger partial charge is 0.222 e. The molecule has 1 atom stereocenters. The first kappa shape index (κ1) is 12.7. The van der Waals surface area contributed by atoms with Crippen LogP contribution >= 0.6 is 27.5 Å². The van der Waals surface area contributed by atoms with Gasteiger partial charge in [0.05, 0.1) is 5.69 Å². The SMILES string of the molecule is O=C1CC(Nc2cc(Cl)ccc2Br)CCCN1. The largest absolute Gasteiger partial charge is 0.381 e. The lowest BCUT2D eigenvalue weighted by Gasteiger charge is -2.17. The Balaban J connectivity index is 2.08. The van der Waals surface area contributed by atoms with Crippen LogP contribution in [0.4, 0.5) is 5.69 Å². The molecule has 1 amide bonds. The minimum atomic E-state index is 0.109. The molecule has 1 aliphatic rings. The van der Waals surface area contributed by atoms with Crippen molar-refractivity contribution >= 4 is 39.1 Å². The van der Waals surface area contributed by atoms with Gasteiger partial charge in [0.15, 0.2) is 0 Å². The molecule has 1 aromatic rings. The first-order chi connectivity index (χ1) is 8.15. The zero-order chi connectivity index (χ0) is 12.3. The summed E-state index contributed by atoms with van der Waals surface area (Å²) in [6.07, 6.45) is 2.50. The van der Waals surface area contributed by atoms with Gasteiger partial charge in [0, 0.05) is 28.5 Å². The molecule has 3 nitrogen and oxygen atoms in total. The van der Waals surface area contributed by atoms with Crippen molar-refractivity contribution in [3.05, 3.63) is 27.7 Å². The molecule has 0 aromatic heterocycles. The third-order valence-corrected chi connectivity index (χ3v) is 3.70. The number of benzene rings is 1. The average molecular weight is 318 g/mol. The van der Waals surface area contributed by atoms with Gasteiger partial charge < -0.3 is 10.6 Å². The number of halogens is 2. The van der Waals surface area contributed by atoms with E-state index in [9.17, 15) is 4.79 Å². The summed E-state index contributed by atoms with van der Waals surface area (Å²) < 4.78 is 0.964. The van der Waals surface area contributed by atoms with Crippen molar-refractivity contribution in [3.63, 3.8) is 0 Å². The standard InChI is InChI=1S/C12H14BrClN2O/c13-10-4-3-8(14)6-11(10)16-9-2-1-5-15-12(17)7-9/h3-4,6,9,16H,1-2,5,7H2,(H,15,17). The summed E-state index contributed by atoms with van der Waals surface area (Å²) >= 11 is 9.43. The van der Waals surface area contributed by atoms with Crippen molar-refractivity contribution < 1.29 is 4.79 Å². The number of nitrogens with one attached hydrogen (secondary N) is 2. The zero-order valence-electron chi connectivity index (χ0n) is 9.30. The summed E-state index contributed by atoms with van der Waals surface area (Å²) in [4.78, 5) is 11.4. The zero-order valence-corrected chi connectivity index (χ0v) is 11.6. The van der Waals surface area contributed by atoms with Gasteiger partial charge in [-0.3, -0.25) is 4.79 Å². The summed E-state index contributed by atoms with van der Waals surface area (Å²) in [5, 5.41) is 6.93. The Labute approximate surface area is 114 Å². The molecule has 17 heavy (non-hydrogen) atoms. The molecule has 1 saturated heterocycles. The summed E-state index contributed by atoms with van der Waals surface area (Å²) in [5.74, 6) is 0.109. The van der Waals surface area contributed by atoms with Gasteiger partial charge in [-0.1, -0.05) is 11.6 Å². The van der Waals surface area contributed by atoms with Crippen LogP contribution in [0, 0.1) is 0 Å². The number of amides is 1. The number of rotatable bonds is 2. The molecule has 1 aliphatic heterocycles. The highest BCUT2D eigenvalue weighted by molar-refractivity contribution is 9.10. The maximum atomic E-state index is 11.4. The quantitative estimate of drug-likeness (QED) is 0.879. The van der Waals surface area contributed by atoms with Gasteiger partial charge in [0.2, 0.25) is 5.91 Å². The van der Waals surface area contributed by atoms with Crippen molar-refractivity contribution in [2.75, 3.05) is 11.9 Å². The predicted octanol–water partition coefficient (Wildman–Crippen LogP) is 3.18. The molecule has 2 rings (SSSR count). The number of hydrogen-bond acceptors (Lipinski definition) is 2. The van der Waals surface area contributed by atoms with E-state index in [4.69, 9.17) is 11.6 Å². The van der Waals surface area contributed by atoms with E-state index >= 15 is 0 Å². The summed E-state index contributed by atoms with van der Waals surface area (Å²) in [5.41, 5.74) is 0.942. The fourth-order valence-corrected chi connectivity index (χ4v) is 2.46. The Morgan fingerprint density at radius 2 is 2.29 bits per heavy atom. The van der Waals surface area contributed by atoms with Gasteiger partial charge >= 0.3 is 0 Å². The van der Waals surface area contributed by atoms with E-state index in [2.05, 4.69) is 26.6 Å². The molecule has 0 spiro atoms. The Morgan fingerprint density at radius 1 is 1.47 bits per heavy atom. The van der Waals surface area contributed by atoms with E-state index in [1.54, 1.807) is 0 Å². The first-order valence-electron chi connectivity index (χ1n) is 5.63. The topological polar surface area (TPSA) is 41.1 Å². The van der Waals surface area contributed by atoms with E-state index in [1.807, 2.05) is 18.2 Å². The van der Waals surface area contributed by atoms with Crippen LogP contribution in [0.2, 0.25) is 5.02 Å². The molecule has 1 aromatic carbocycles. The molecule has 0 aliphatic carbocycles. The highest BCUT2D eigenvalue weighted by Gasteiger charge is 2.17. The molecule has 1 heterocycles. The molecule has 92 valence electrons. The van der Waals surface area contributed by atoms with Gasteiger partial charge in [-0.15, -0.1) is 0 Å². The summed E-state index contributed by atoms with van der Waals surface area (Å²) in [7, 11) is 0. The van der Waals surface area contributed by atoms with Gasteiger partial charge in [0.25, 0.3) is 0 Å². The highest BCUT2D eigenvalue weighted by Crippen LogP contribution is 2.27. The lowest BCUT2D eigenvalue weighted by Crippen LogP contribution is -2.26. The van der Waals surface area contributed by atoms with Crippen molar-refractivity contribution in [2.45, 2.75) is 25.3 Å². The third kappa shape index (κ3) is 3.61. The monoisotopic (exact) mass is 316 g/mol. The molecular formula is C12H14BrClN2O. The molecule has 0 radical (unpaired) electrons. The average Bonchev–Trinajstić information content (AvgIpc) is 2.48. The Hall–Kier alpha value is -0.740. The van der Waals surface area contributed by atoms with Gasteiger partial charge in [-0.05, 0) is 47.0 Å². The van der Waals surface area contributed by atoms with Crippen molar-refractivity contribution in [1.82, 2.24) is 5.32 Å². The highest BCUT2D eigenvalue weighted by atomic mass is 79.9. The van der Waals surface area contributed by atoms with Crippen molar-refractivity contribution in [1.29, 1.82) is 0 Å². The maximum Gasteiger partial charge on any atom is 0.222 e. The molecule has 0 bridgehead atoms. The number of hydrogen-bond donors (Lipinski definition) is 2. The van der Waals surface area contributed by atoms with Gasteiger partial charge in [-0.2, -0.15) is 0 Å². The number of carbonyl (C=O) groups is 1. The van der Waals surface area contributed by atoms with Crippen LogP contribution in [-0.2, 0) is 4.79 Å². The van der Waals surface area contributed by atoms with Crippen LogP contribution in [0.15, 0.2) is 22.7 Å². The van der Waals surface area contributed by atoms with Crippen LogP contribution in [0.25, 0.3) is 0 Å². The van der Waals surface area contributed by atoms with Crippen LogP contribution in [-0.4, -0.2) is 18.5 Å². The normalized spacial score (nSPS) is 20.6. The molecule has 1 unspecified atom stereocenters. The summed E-state index contributed by atoms with van der Waals surface area (Å²) in [6.45, 7) is 0.772. The number of carbonyl (C=O) groups excluding carboxylic acids is 1. The van der Waals surface area contributed by atoms with Crippen LogP contribution < -0.4 is 10.6 Å². The van der Waals surface area contributed by atoms with Gasteiger partial charge in [0.1, 0.15) is 0 Å². The first-order valence-corrected chi connectivity index (χ1v) is 6.80. The second-order valence-electron chi connectivity index (χ2n) is 4.16. The van der Waals surface area contributed by atoms with E-state index in [0.29, 0.717) is 11.4 Å². The number of anilines is 1. The fourth-order valence-electron chi connectivity index (χ4n) is 1.93. The summed E-state index contributed by atoms with van der Waals surface area (Å²) in [6, 6.07) is 5.78. The van der Waals surface area contributed by atoms with E-state index in [-0.39, 0.29) is 11.9 Å². The van der Waals surface area contributed by atoms with Crippen molar-refractivity contribution in [2.24, 2.45) is 0 Å². The fraction of sp³-hybridized carbons (Fsp3) is 0.417. The molecule has 2 N–H and O–H groups in total. The van der Waals surface area contributed by atoms with Crippen LogP contribution in [0.5, 0.6) is 0 Å². The second kappa shape index (κ2) is 5.74. The molecule has 1 fully saturated rings. The van der Waals surface area contributed by atoms with E-state index in [1.165, 1.54) is 0 Å². The van der Waals surface area contributed by atoms with Crippen LogP contribution in [0.3, 0.4) is 0 Å². The third-order valence-electron chi connectivity index (χ3n) is 2.77. The van der Waals surface area contributed by atoms with Gasteiger partial charge in [-0.25, -0.2) is 0 Å². The minimum Gasteiger partial charge on any atom is -0.381 e. The van der Waals surface area contributed by atoms with Crippen molar-refractivity contribution in [3.8, 4) is 0 Å². The lowest BCUT2D eigenvalue weighted by atomic mass is 10.1. The Bertz CT molecular complexity index is 425. The lowest BCUT2D eigenvalue weighted by molar-refractivity contribution is -0.120. The van der Waals surface area contributed by atoms with Crippen LogP contribution in [0.1, 0.15) is 19.3 Å². The Kier molecular flexibility index (Phi) is 4.29.